The maximum absolute atomic E-state index is 15.0. The third-order valence-corrected chi connectivity index (χ3v) is 12.9. The molecule has 16 heteroatoms. The Kier molecular flexibility index (Phi) is 14.6. The van der Waals surface area contributed by atoms with Crippen molar-refractivity contribution in [2.45, 2.75) is 105 Å². The molecule has 0 aromatic carbocycles. The first kappa shape index (κ1) is 47.5. The van der Waals surface area contributed by atoms with Gasteiger partial charge in [-0.2, -0.15) is 0 Å². The van der Waals surface area contributed by atoms with Crippen molar-refractivity contribution < 1.29 is 42.9 Å². The van der Waals surface area contributed by atoms with E-state index in [9.17, 15) is 14.4 Å². The summed E-state index contributed by atoms with van der Waals surface area (Å²) in [6, 6.07) is 6.04. The predicted octanol–water partition coefficient (Wildman–Crippen LogP) is 7.33. The number of hydrogen-bond acceptors (Lipinski definition) is 12. The second-order valence-electron chi connectivity index (χ2n) is 18.3. The first-order valence-corrected chi connectivity index (χ1v) is 22.9. The number of rotatable bonds is 15. The van der Waals surface area contributed by atoms with Crippen molar-refractivity contribution in [1.29, 1.82) is 0 Å². The van der Waals surface area contributed by atoms with E-state index in [4.69, 9.17) is 33.7 Å². The fourth-order valence-corrected chi connectivity index (χ4v) is 9.34. The summed E-state index contributed by atoms with van der Waals surface area (Å²) in [6.07, 6.45) is 0.389. The van der Waals surface area contributed by atoms with Crippen LogP contribution in [0, 0.1) is 6.92 Å². The minimum atomic E-state index is -0.583. The first-order valence-electron chi connectivity index (χ1n) is 22.9. The molecule has 0 saturated carbocycles. The lowest BCUT2D eigenvalue weighted by molar-refractivity contribution is -0.140. The molecule has 0 aliphatic carbocycles. The minimum Gasteiger partial charge on any atom is -0.469 e. The largest absolute Gasteiger partial charge is 0.469 e. The van der Waals surface area contributed by atoms with Crippen molar-refractivity contribution in [1.82, 2.24) is 35.1 Å². The zero-order chi connectivity index (χ0) is 46.7. The number of amides is 3. The summed E-state index contributed by atoms with van der Waals surface area (Å²) in [4.78, 5) is 75.5. The zero-order valence-electron chi connectivity index (χ0n) is 39.6. The molecule has 0 radical (unpaired) electrons. The Morgan fingerprint density at radius 3 is 2.34 bits per heavy atom. The fraction of sp³-hybridized carbons (Fsp3) is 0.551. The van der Waals surface area contributed by atoms with Gasteiger partial charge in [-0.05, 0) is 102 Å². The van der Waals surface area contributed by atoms with Crippen LogP contribution in [0.2, 0.25) is 0 Å². The average molecular weight is 896 g/mol. The number of fused-ring (bicyclic) bond motifs is 8. The molecule has 0 spiro atoms. The number of carbonyl (C=O) groups is 4. The molecule has 65 heavy (non-hydrogen) atoms. The summed E-state index contributed by atoms with van der Waals surface area (Å²) in [6.45, 7) is 22.2. The molecular weight excluding hydrogens is 831 g/mol. The van der Waals surface area contributed by atoms with Gasteiger partial charge >= 0.3 is 12.1 Å². The first-order chi connectivity index (χ1) is 31.0. The van der Waals surface area contributed by atoms with Crippen LogP contribution in [0.3, 0.4) is 0 Å². The predicted molar refractivity (Wildman–Crippen MR) is 248 cm³/mol. The third kappa shape index (κ3) is 10.2. The number of methoxy groups -OCH3 is 1. The maximum atomic E-state index is 15.0. The van der Waals surface area contributed by atoms with Gasteiger partial charge in [-0.3, -0.25) is 24.2 Å². The number of nitrogens with one attached hydrogen (secondary N) is 3. The van der Waals surface area contributed by atoms with Crippen LogP contribution >= 0.6 is 0 Å². The van der Waals surface area contributed by atoms with E-state index in [1.165, 1.54) is 12.0 Å². The van der Waals surface area contributed by atoms with Crippen LogP contribution in [0.1, 0.15) is 147 Å². The van der Waals surface area contributed by atoms with Gasteiger partial charge in [0.15, 0.2) is 0 Å². The van der Waals surface area contributed by atoms with E-state index in [0.717, 1.165) is 69.4 Å². The maximum Gasteiger partial charge on any atom is 0.407 e. The number of morpholine rings is 1. The molecule has 3 amide bonds. The van der Waals surface area contributed by atoms with Crippen LogP contribution in [0.5, 0.6) is 0 Å². The number of nitrogens with zero attached hydrogens (tertiary/aromatic N) is 4. The van der Waals surface area contributed by atoms with Gasteiger partial charge in [-0.25, -0.2) is 14.8 Å². The molecule has 350 valence electrons. The van der Waals surface area contributed by atoms with Gasteiger partial charge in [0.25, 0.3) is 11.8 Å². The second-order valence-corrected chi connectivity index (χ2v) is 18.3. The minimum absolute atomic E-state index is 0.139. The third-order valence-electron chi connectivity index (χ3n) is 12.9. The molecule has 1 unspecified atom stereocenters. The molecule has 8 bridgehead atoms. The lowest BCUT2D eigenvalue weighted by atomic mass is 9.84. The summed E-state index contributed by atoms with van der Waals surface area (Å²) in [7, 11) is 1.38. The van der Waals surface area contributed by atoms with Crippen molar-refractivity contribution >= 4 is 57.2 Å². The summed E-state index contributed by atoms with van der Waals surface area (Å²) < 4.78 is 28.1. The smallest absolute Gasteiger partial charge is 0.407 e. The highest BCUT2D eigenvalue weighted by molar-refractivity contribution is 6.23. The summed E-state index contributed by atoms with van der Waals surface area (Å²) >= 11 is 0. The van der Waals surface area contributed by atoms with Crippen molar-refractivity contribution in [2.75, 3.05) is 72.9 Å². The molecule has 5 aliphatic rings. The quantitative estimate of drug-likeness (QED) is 0.0919. The van der Waals surface area contributed by atoms with Crippen molar-refractivity contribution in [3.8, 4) is 0 Å². The van der Waals surface area contributed by atoms with Gasteiger partial charge in [-0.1, -0.05) is 13.8 Å². The molecule has 5 aliphatic heterocycles. The SMILES string of the molecule is CCC1=C(C)c2cc3nc(cc4[nH]c(c5c6[nH]c(cc1n2)c(C)c6C(=O)N(CCN1CCOCC1)C5=O)[C@@H](CCC(=O)OC)[C@@H]4C)C(C)=C3C(C)OCCOCCNC(=O)OC(C)(C)C. The van der Waals surface area contributed by atoms with E-state index in [-0.39, 0.29) is 42.8 Å². The van der Waals surface area contributed by atoms with E-state index in [0.29, 0.717) is 86.8 Å². The van der Waals surface area contributed by atoms with Gasteiger partial charge in [0.1, 0.15) is 5.60 Å². The molecule has 3 N–H and O–H groups in total. The molecule has 3 atom stereocenters. The standard InChI is InChI=1S/C49H65N7O9/c1-11-32-27(2)34-26-39-41(31(6)64-23-22-62-19-14-50-48(60)65-49(7,8)9)29(4)36(52-39)24-35-28(3)33(12-13-40(57)61-10)44(53-35)43-45-42(30(5)37(54-45)25-38(32)51-34)46(58)56(47(43)59)16-15-55-17-20-63-21-18-55/h24-26,28,31,33,53-54H,11-23H2,1-10H3,(H,50,60)/t28-,31?,33-/m0/s1. The zero-order valence-corrected chi connectivity index (χ0v) is 39.6. The van der Waals surface area contributed by atoms with E-state index in [2.05, 4.69) is 41.0 Å². The molecule has 7 rings (SSSR count). The number of aromatic amines is 2. The van der Waals surface area contributed by atoms with Gasteiger partial charge in [0.2, 0.25) is 0 Å². The highest BCUT2D eigenvalue weighted by Crippen LogP contribution is 2.45. The van der Waals surface area contributed by atoms with E-state index >= 15 is 4.79 Å². The number of hydrogen-bond donors (Lipinski definition) is 3. The number of aromatic nitrogens is 4. The highest BCUT2D eigenvalue weighted by Gasteiger charge is 2.41. The Hall–Kier alpha value is -5.42. The number of esters is 1. The number of allylic oxidation sites excluding steroid dienone is 3. The van der Waals surface area contributed by atoms with Crippen LogP contribution in [0.4, 0.5) is 4.79 Å². The Balaban J connectivity index is 1.33. The number of aryl methyl sites for hydroxylation is 1. The summed E-state index contributed by atoms with van der Waals surface area (Å²) in [5.74, 6) is -1.55. The number of ether oxygens (including phenoxy) is 5. The van der Waals surface area contributed by atoms with E-state index < -0.39 is 17.6 Å². The molecule has 1 fully saturated rings. The van der Waals surface area contributed by atoms with Crippen LogP contribution in [0.25, 0.3) is 33.3 Å². The molecular formula is C49H65N7O9. The van der Waals surface area contributed by atoms with Crippen molar-refractivity contribution in [2.24, 2.45) is 0 Å². The Morgan fingerprint density at radius 2 is 1.63 bits per heavy atom. The molecule has 7 heterocycles. The normalized spacial score (nSPS) is 18.9. The summed E-state index contributed by atoms with van der Waals surface area (Å²) in [5, 5.41) is 2.70. The van der Waals surface area contributed by atoms with E-state index in [1.54, 1.807) is 0 Å². The fourth-order valence-electron chi connectivity index (χ4n) is 9.34. The van der Waals surface area contributed by atoms with Gasteiger partial charge in [0, 0.05) is 73.5 Å². The lowest BCUT2D eigenvalue weighted by Gasteiger charge is -2.31. The molecule has 2 aromatic rings. The van der Waals surface area contributed by atoms with Crippen LogP contribution in [0.15, 0.2) is 18.2 Å². The highest BCUT2D eigenvalue weighted by atomic mass is 16.6. The van der Waals surface area contributed by atoms with Crippen LogP contribution < -0.4 is 5.32 Å². The lowest BCUT2D eigenvalue weighted by Crippen LogP contribution is -2.47. The number of imide groups is 1. The van der Waals surface area contributed by atoms with Crippen LogP contribution in [-0.4, -0.2) is 138 Å². The monoisotopic (exact) mass is 895 g/mol. The topological polar surface area (TPSA) is 190 Å². The second kappa shape index (κ2) is 20.0. The number of H-pyrrole nitrogens is 2. The molecule has 16 nitrogen and oxygen atoms in total. The number of alkyl carbamates (subject to hydrolysis) is 1. The molecule has 1 saturated heterocycles. The van der Waals surface area contributed by atoms with E-state index in [1.807, 2.05) is 59.7 Å². The molecule has 2 aromatic heterocycles. The van der Waals surface area contributed by atoms with Gasteiger partial charge < -0.3 is 39.0 Å². The summed E-state index contributed by atoms with van der Waals surface area (Å²) in [5.41, 5.74) is 10.5. The van der Waals surface area contributed by atoms with Crippen molar-refractivity contribution in [3.05, 3.63) is 69.1 Å². The Labute approximate surface area is 381 Å². The van der Waals surface area contributed by atoms with Gasteiger partial charge in [0.05, 0.1) is 85.7 Å². The Morgan fingerprint density at radius 1 is 0.923 bits per heavy atom. The average Bonchev–Trinajstić information content (AvgIpc) is 3.95. The van der Waals surface area contributed by atoms with Crippen molar-refractivity contribution in [3.63, 3.8) is 0 Å². The van der Waals surface area contributed by atoms with Gasteiger partial charge in [-0.15, -0.1) is 0 Å². The van der Waals surface area contributed by atoms with Crippen LogP contribution in [-0.2, 0) is 28.5 Å². The number of carbonyl (C=O) groups excluding carboxylic acids is 4. The Bertz CT molecular complexity index is 2470.